The van der Waals surface area contributed by atoms with Crippen LogP contribution < -0.4 is 10.2 Å². The molecular formula is C14H16BN7O. The van der Waals surface area contributed by atoms with E-state index >= 15 is 0 Å². The molecule has 2 fully saturated rings. The van der Waals surface area contributed by atoms with Crippen molar-refractivity contribution in [2.24, 2.45) is 0 Å². The second-order valence-corrected chi connectivity index (χ2v) is 5.89. The Morgan fingerprint density at radius 2 is 2.13 bits per heavy atom. The topological polar surface area (TPSA) is 90.0 Å². The summed E-state index contributed by atoms with van der Waals surface area (Å²) in [4.78, 5) is 24.4. The molecule has 0 unspecified atom stereocenters. The van der Waals surface area contributed by atoms with Crippen molar-refractivity contribution in [2.75, 3.05) is 23.3 Å². The summed E-state index contributed by atoms with van der Waals surface area (Å²) in [5.41, 5.74) is 0.806. The number of rotatable bonds is 3. The van der Waals surface area contributed by atoms with Gasteiger partial charge in [0.1, 0.15) is 5.82 Å². The third kappa shape index (κ3) is 2.62. The lowest BCUT2D eigenvalue weighted by Crippen LogP contribution is -2.55. The maximum atomic E-state index is 11.6. The molecule has 0 saturated carbocycles. The number of aromatic amines is 1. The molecule has 2 aromatic rings. The monoisotopic (exact) mass is 309 g/mol. The SMILES string of the molecule is [B]C(=O)N1[C@@H]2CC[C@H]1CN(c1ccnc(Nc3cn[nH]c3)n1)C2. The fraction of sp³-hybridized carbons (Fsp3) is 0.429. The summed E-state index contributed by atoms with van der Waals surface area (Å²) < 4.78 is 0. The molecule has 2 N–H and O–H groups in total. The largest absolute Gasteiger partial charge is 0.352 e. The molecular weight excluding hydrogens is 293 g/mol. The van der Waals surface area contributed by atoms with E-state index in [9.17, 15) is 4.79 Å². The third-order valence-electron chi connectivity index (χ3n) is 4.46. The number of hydrogen-bond acceptors (Lipinski definition) is 6. The van der Waals surface area contributed by atoms with E-state index in [-0.39, 0.29) is 17.9 Å². The van der Waals surface area contributed by atoms with E-state index in [4.69, 9.17) is 7.85 Å². The van der Waals surface area contributed by atoms with Gasteiger partial charge in [-0.25, -0.2) is 4.98 Å². The molecule has 4 rings (SSSR count). The van der Waals surface area contributed by atoms with Gasteiger partial charge in [-0.15, -0.1) is 0 Å². The van der Waals surface area contributed by atoms with Gasteiger partial charge in [0.25, 0.3) is 0 Å². The van der Waals surface area contributed by atoms with E-state index in [2.05, 4.69) is 30.4 Å². The average molecular weight is 309 g/mol. The highest BCUT2D eigenvalue weighted by molar-refractivity contribution is 6.57. The van der Waals surface area contributed by atoms with Crippen molar-refractivity contribution in [3.8, 4) is 0 Å². The van der Waals surface area contributed by atoms with Gasteiger partial charge < -0.3 is 15.1 Å². The van der Waals surface area contributed by atoms with Crippen LogP contribution in [0.5, 0.6) is 0 Å². The molecule has 9 heteroatoms. The smallest absolute Gasteiger partial charge is 0.229 e. The van der Waals surface area contributed by atoms with Crippen molar-refractivity contribution in [3.05, 3.63) is 24.7 Å². The maximum absolute atomic E-state index is 11.6. The molecule has 116 valence electrons. The quantitative estimate of drug-likeness (QED) is 0.818. The van der Waals surface area contributed by atoms with Gasteiger partial charge in [-0.05, 0) is 18.9 Å². The van der Waals surface area contributed by atoms with Crippen LogP contribution in [0.2, 0.25) is 0 Å². The minimum Gasteiger partial charge on any atom is -0.352 e. The van der Waals surface area contributed by atoms with Crippen molar-refractivity contribution in [1.82, 2.24) is 25.1 Å². The molecule has 2 bridgehead atoms. The number of anilines is 3. The Hall–Kier alpha value is -2.58. The van der Waals surface area contributed by atoms with Crippen LogP contribution in [0.4, 0.5) is 22.2 Å². The zero-order chi connectivity index (χ0) is 15.8. The number of fused-ring (bicyclic) bond motifs is 2. The van der Waals surface area contributed by atoms with Gasteiger partial charge in [0.2, 0.25) is 13.8 Å². The summed E-state index contributed by atoms with van der Waals surface area (Å²) in [7, 11) is 5.50. The van der Waals surface area contributed by atoms with Crippen LogP contribution in [0, 0.1) is 0 Å². The highest BCUT2D eigenvalue weighted by Gasteiger charge is 2.41. The Morgan fingerprint density at radius 3 is 2.78 bits per heavy atom. The molecule has 2 aromatic heterocycles. The van der Waals surface area contributed by atoms with Crippen LogP contribution in [-0.4, -0.2) is 63.9 Å². The van der Waals surface area contributed by atoms with Crippen molar-refractivity contribution in [3.63, 3.8) is 0 Å². The zero-order valence-corrected chi connectivity index (χ0v) is 12.5. The van der Waals surface area contributed by atoms with E-state index in [0.29, 0.717) is 5.95 Å². The summed E-state index contributed by atoms with van der Waals surface area (Å²) in [6, 6.07) is 2.23. The van der Waals surface area contributed by atoms with Gasteiger partial charge in [0.05, 0.1) is 11.9 Å². The number of aromatic nitrogens is 4. The number of carbonyl (C=O) groups is 1. The molecule has 8 nitrogen and oxygen atoms in total. The second kappa shape index (κ2) is 5.56. The number of piperazine rings is 1. The van der Waals surface area contributed by atoms with Crippen LogP contribution in [0.15, 0.2) is 24.7 Å². The lowest BCUT2D eigenvalue weighted by molar-refractivity contribution is 0.184. The lowest BCUT2D eigenvalue weighted by atomic mass is 10.0. The predicted octanol–water partition coefficient (Wildman–Crippen LogP) is 0.885. The number of H-pyrrole nitrogens is 1. The number of nitrogens with zero attached hydrogens (tertiary/aromatic N) is 5. The molecule has 2 saturated heterocycles. The first-order valence-corrected chi connectivity index (χ1v) is 7.62. The molecule has 0 aromatic carbocycles. The van der Waals surface area contributed by atoms with Gasteiger partial charge in [0.15, 0.2) is 5.81 Å². The molecule has 4 heterocycles. The van der Waals surface area contributed by atoms with E-state index in [1.165, 1.54) is 0 Å². The summed E-state index contributed by atoms with van der Waals surface area (Å²) in [6.45, 7) is 1.50. The van der Waals surface area contributed by atoms with E-state index in [1.54, 1.807) is 18.6 Å². The van der Waals surface area contributed by atoms with Gasteiger partial charge in [0, 0.05) is 37.6 Å². The minimum absolute atomic E-state index is 0.173. The standard InChI is InChI=1S/C14H16BN7O/c15-13(23)22-10-1-2-11(22)8-21(7-10)12-3-4-16-14(20-12)19-9-5-17-18-6-9/h3-6,10-11H,1-2,7-8H2,(H,17,18)(H,16,19,20)/t10-,11+. The number of hydrogen-bond donors (Lipinski definition) is 2. The number of carbonyl (C=O) groups excluding carboxylic acids is 1. The first kappa shape index (κ1) is 14.0. The molecule has 2 aliphatic rings. The Kier molecular flexibility index (Phi) is 3.40. The van der Waals surface area contributed by atoms with Crippen molar-refractivity contribution < 1.29 is 4.79 Å². The molecule has 1 amide bonds. The van der Waals surface area contributed by atoms with Crippen molar-refractivity contribution >= 4 is 31.1 Å². The summed E-state index contributed by atoms with van der Waals surface area (Å²) >= 11 is 0. The Balaban J connectivity index is 1.52. The Labute approximate surface area is 134 Å². The highest BCUT2D eigenvalue weighted by atomic mass is 16.2. The van der Waals surface area contributed by atoms with Gasteiger partial charge in [-0.1, -0.05) is 0 Å². The number of amides is 1. The summed E-state index contributed by atoms with van der Waals surface area (Å²) in [6.07, 6.45) is 7.13. The zero-order valence-electron chi connectivity index (χ0n) is 12.5. The normalized spacial score (nSPS) is 23.1. The second-order valence-electron chi connectivity index (χ2n) is 5.89. The van der Waals surface area contributed by atoms with Gasteiger partial charge in [-0.3, -0.25) is 9.89 Å². The third-order valence-corrected chi connectivity index (χ3v) is 4.46. The van der Waals surface area contributed by atoms with E-state index in [1.807, 2.05) is 11.0 Å². The van der Waals surface area contributed by atoms with Crippen LogP contribution in [0.1, 0.15) is 12.8 Å². The van der Waals surface area contributed by atoms with Gasteiger partial charge in [-0.2, -0.15) is 10.1 Å². The summed E-state index contributed by atoms with van der Waals surface area (Å²) in [5.74, 6) is 1.06. The first-order valence-electron chi connectivity index (χ1n) is 7.62. The minimum atomic E-state index is -0.317. The predicted molar refractivity (Wildman–Crippen MR) is 85.9 cm³/mol. The fourth-order valence-corrected chi connectivity index (χ4v) is 3.48. The van der Waals surface area contributed by atoms with Crippen LogP contribution in [0.25, 0.3) is 0 Å². The fourth-order valence-electron chi connectivity index (χ4n) is 3.48. The van der Waals surface area contributed by atoms with E-state index in [0.717, 1.165) is 37.4 Å². The van der Waals surface area contributed by atoms with Crippen LogP contribution in [0.3, 0.4) is 0 Å². The van der Waals surface area contributed by atoms with Crippen molar-refractivity contribution in [1.29, 1.82) is 0 Å². The Bertz CT molecular complexity index is 693. The maximum Gasteiger partial charge on any atom is 0.229 e. The molecule has 2 aliphatic heterocycles. The average Bonchev–Trinajstić information content (AvgIpc) is 3.14. The van der Waals surface area contributed by atoms with Gasteiger partial charge >= 0.3 is 0 Å². The lowest BCUT2D eigenvalue weighted by Gasteiger charge is -2.41. The van der Waals surface area contributed by atoms with E-state index < -0.39 is 0 Å². The highest BCUT2D eigenvalue weighted by Crippen LogP contribution is 2.32. The van der Waals surface area contributed by atoms with Crippen LogP contribution in [-0.2, 0) is 0 Å². The van der Waals surface area contributed by atoms with Crippen molar-refractivity contribution in [2.45, 2.75) is 24.9 Å². The molecule has 2 radical (unpaired) electrons. The number of nitrogens with one attached hydrogen (secondary N) is 2. The molecule has 0 aliphatic carbocycles. The van der Waals surface area contributed by atoms with Crippen LogP contribution >= 0.6 is 0 Å². The molecule has 0 spiro atoms. The molecule has 2 atom stereocenters. The summed E-state index contributed by atoms with van der Waals surface area (Å²) in [5, 5.41) is 9.72. The first-order chi connectivity index (χ1) is 11.2. The Morgan fingerprint density at radius 1 is 1.35 bits per heavy atom. The molecule has 23 heavy (non-hydrogen) atoms.